The standard InChI is InChI=1S/C21H21F3N4O4/c22-21(23,24)19(30)26-13-17(29)16-6-4-15(5-7-16)14-28(18-3-1-2-8-25-18)20(31)27-9-11-32-12-10-27/h1-8H,9-14H2,(H,26,30). The van der Waals surface area contributed by atoms with Crippen molar-refractivity contribution in [1.29, 1.82) is 0 Å². The monoisotopic (exact) mass is 450 g/mol. The number of benzene rings is 1. The minimum atomic E-state index is -5.05. The Balaban J connectivity index is 1.69. The van der Waals surface area contributed by atoms with Crippen molar-refractivity contribution in [2.45, 2.75) is 12.7 Å². The molecular weight excluding hydrogens is 429 g/mol. The van der Waals surface area contributed by atoms with E-state index in [1.54, 1.807) is 46.7 Å². The normalized spacial score (nSPS) is 14.0. The van der Waals surface area contributed by atoms with Crippen LogP contribution < -0.4 is 10.2 Å². The van der Waals surface area contributed by atoms with Gasteiger partial charge in [0.15, 0.2) is 5.78 Å². The van der Waals surface area contributed by atoms with Crippen molar-refractivity contribution in [3.05, 3.63) is 59.8 Å². The highest BCUT2D eigenvalue weighted by Gasteiger charge is 2.38. The molecule has 0 aliphatic carbocycles. The van der Waals surface area contributed by atoms with Crippen molar-refractivity contribution in [1.82, 2.24) is 15.2 Å². The second kappa shape index (κ2) is 10.2. The van der Waals surface area contributed by atoms with Gasteiger partial charge in [0.25, 0.3) is 0 Å². The summed E-state index contributed by atoms with van der Waals surface area (Å²) >= 11 is 0. The van der Waals surface area contributed by atoms with Gasteiger partial charge in [0.1, 0.15) is 5.82 Å². The number of amides is 3. The molecule has 2 aromatic rings. The van der Waals surface area contributed by atoms with E-state index < -0.39 is 24.4 Å². The predicted molar refractivity (Wildman–Crippen MR) is 108 cm³/mol. The smallest absolute Gasteiger partial charge is 0.378 e. The van der Waals surface area contributed by atoms with E-state index in [0.29, 0.717) is 37.7 Å². The van der Waals surface area contributed by atoms with E-state index in [1.807, 2.05) is 0 Å². The van der Waals surface area contributed by atoms with Gasteiger partial charge in [0, 0.05) is 24.8 Å². The van der Waals surface area contributed by atoms with E-state index in [2.05, 4.69) is 4.98 Å². The SMILES string of the molecule is O=C(CNC(=O)C(F)(F)F)c1ccc(CN(C(=O)N2CCOCC2)c2ccccn2)cc1. The first-order valence-corrected chi connectivity index (χ1v) is 9.78. The van der Waals surface area contributed by atoms with Crippen LogP contribution >= 0.6 is 0 Å². The first-order valence-electron chi connectivity index (χ1n) is 9.78. The third kappa shape index (κ3) is 6.03. The van der Waals surface area contributed by atoms with E-state index in [-0.39, 0.29) is 18.1 Å². The highest BCUT2D eigenvalue weighted by Crippen LogP contribution is 2.18. The molecule has 2 heterocycles. The summed E-state index contributed by atoms with van der Waals surface area (Å²) in [6.07, 6.45) is -3.47. The molecule has 32 heavy (non-hydrogen) atoms. The lowest BCUT2D eigenvalue weighted by Gasteiger charge is -2.32. The number of carbonyl (C=O) groups is 3. The lowest BCUT2D eigenvalue weighted by molar-refractivity contribution is -0.173. The van der Waals surface area contributed by atoms with Crippen molar-refractivity contribution < 1.29 is 32.3 Å². The molecule has 1 aliphatic rings. The number of carbonyl (C=O) groups excluding carboxylic acids is 3. The fourth-order valence-corrected chi connectivity index (χ4v) is 3.03. The maximum Gasteiger partial charge on any atom is 0.471 e. The van der Waals surface area contributed by atoms with Gasteiger partial charge in [-0.15, -0.1) is 0 Å². The number of nitrogens with zero attached hydrogens (tertiary/aromatic N) is 3. The van der Waals surface area contributed by atoms with Gasteiger partial charge < -0.3 is 15.0 Å². The summed E-state index contributed by atoms with van der Waals surface area (Å²) in [5, 5.41) is 1.55. The summed E-state index contributed by atoms with van der Waals surface area (Å²) in [7, 11) is 0. The van der Waals surface area contributed by atoms with E-state index in [0.717, 1.165) is 0 Å². The molecule has 8 nitrogen and oxygen atoms in total. The quantitative estimate of drug-likeness (QED) is 0.683. The zero-order chi connectivity index (χ0) is 23.1. The third-order valence-corrected chi connectivity index (χ3v) is 4.72. The van der Waals surface area contributed by atoms with E-state index in [1.165, 1.54) is 17.0 Å². The number of Topliss-reactive ketones (excluding diaryl/α,β-unsaturated/α-hetero) is 1. The van der Waals surface area contributed by atoms with Gasteiger partial charge >= 0.3 is 18.1 Å². The van der Waals surface area contributed by atoms with Crippen molar-refractivity contribution in [2.24, 2.45) is 0 Å². The molecule has 170 valence electrons. The first-order chi connectivity index (χ1) is 15.3. The van der Waals surface area contributed by atoms with Crippen LogP contribution in [0.25, 0.3) is 0 Å². The molecule has 1 saturated heterocycles. The number of aromatic nitrogens is 1. The number of halogens is 3. The number of urea groups is 1. The fraction of sp³-hybridized carbons (Fsp3) is 0.333. The number of nitrogens with one attached hydrogen (secondary N) is 1. The molecule has 0 saturated carbocycles. The number of anilines is 1. The van der Waals surface area contributed by atoms with Crippen LogP contribution in [0.5, 0.6) is 0 Å². The molecule has 0 unspecified atom stereocenters. The molecule has 1 aromatic heterocycles. The Morgan fingerprint density at radius 1 is 1.06 bits per heavy atom. The van der Waals surface area contributed by atoms with Crippen LogP contribution in [0.15, 0.2) is 48.7 Å². The third-order valence-electron chi connectivity index (χ3n) is 4.72. The molecule has 3 amide bonds. The second-order valence-corrected chi connectivity index (χ2v) is 6.96. The predicted octanol–water partition coefficient (Wildman–Crippen LogP) is 2.40. The van der Waals surface area contributed by atoms with Gasteiger partial charge in [0.05, 0.1) is 26.3 Å². The van der Waals surface area contributed by atoms with Crippen LogP contribution in [0.3, 0.4) is 0 Å². The van der Waals surface area contributed by atoms with Crippen molar-refractivity contribution >= 4 is 23.5 Å². The number of pyridine rings is 1. The summed E-state index contributed by atoms with van der Waals surface area (Å²) in [6, 6.07) is 11.0. The Morgan fingerprint density at radius 3 is 2.34 bits per heavy atom. The molecular formula is C21H21F3N4O4. The summed E-state index contributed by atoms with van der Waals surface area (Å²) in [5.74, 6) is -2.38. The maximum absolute atomic E-state index is 13.1. The highest BCUT2D eigenvalue weighted by molar-refractivity contribution is 5.99. The molecule has 0 bridgehead atoms. The van der Waals surface area contributed by atoms with Gasteiger partial charge in [-0.1, -0.05) is 30.3 Å². The topological polar surface area (TPSA) is 91.8 Å². The minimum absolute atomic E-state index is 0.139. The van der Waals surface area contributed by atoms with Crippen molar-refractivity contribution in [2.75, 3.05) is 37.7 Å². The van der Waals surface area contributed by atoms with Gasteiger partial charge in [-0.25, -0.2) is 9.78 Å². The van der Waals surface area contributed by atoms with Gasteiger partial charge in [-0.05, 0) is 17.7 Å². The van der Waals surface area contributed by atoms with E-state index in [4.69, 9.17) is 4.74 Å². The Morgan fingerprint density at radius 2 is 1.75 bits per heavy atom. The first kappa shape index (κ1) is 23.2. The van der Waals surface area contributed by atoms with Crippen LogP contribution in [0.4, 0.5) is 23.8 Å². The Hall–Kier alpha value is -3.47. The zero-order valence-corrected chi connectivity index (χ0v) is 17.0. The fourth-order valence-electron chi connectivity index (χ4n) is 3.03. The number of hydrogen-bond donors (Lipinski definition) is 1. The molecule has 3 rings (SSSR count). The molecule has 1 aliphatic heterocycles. The van der Waals surface area contributed by atoms with E-state index >= 15 is 0 Å². The maximum atomic E-state index is 13.1. The zero-order valence-electron chi connectivity index (χ0n) is 17.0. The number of morpholine rings is 1. The minimum Gasteiger partial charge on any atom is -0.378 e. The van der Waals surface area contributed by atoms with Gasteiger partial charge in [-0.3, -0.25) is 14.5 Å². The number of hydrogen-bond acceptors (Lipinski definition) is 5. The van der Waals surface area contributed by atoms with Crippen LogP contribution in [-0.4, -0.2) is 66.6 Å². The molecule has 0 spiro atoms. The van der Waals surface area contributed by atoms with Crippen LogP contribution in [-0.2, 0) is 16.1 Å². The average molecular weight is 450 g/mol. The number of ketones is 1. The van der Waals surface area contributed by atoms with E-state index in [9.17, 15) is 27.6 Å². The van der Waals surface area contributed by atoms with Crippen molar-refractivity contribution in [3.63, 3.8) is 0 Å². The van der Waals surface area contributed by atoms with Gasteiger partial charge in [0.2, 0.25) is 0 Å². The van der Waals surface area contributed by atoms with Crippen molar-refractivity contribution in [3.8, 4) is 0 Å². The molecule has 1 N–H and O–H groups in total. The average Bonchev–Trinajstić information content (AvgIpc) is 2.81. The second-order valence-electron chi connectivity index (χ2n) is 6.96. The Kier molecular flexibility index (Phi) is 7.41. The number of ether oxygens (including phenoxy) is 1. The van der Waals surface area contributed by atoms with Crippen LogP contribution in [0.2, 0.25) is 0 Å². The molecule has 0 atom stereocenters. The molecule has 0 radical (unpaired) electrons. The van der Waals surface area contributed by atoms with Gasteiger partial charge in [-0.2, -0.15) is 13.2 Å². The summed E-state index contributed by atoms with van der Waals surface area (Å²) < 4.78 is 42.0. The van der Waals surface area contributed by atoms with Crippen LogP contribution in [0, 0.1) is 0 Å². The Labute approximate surface area is 182 Å². The molecule has 1 aromatic carbocycles. The van der Waals surface area contributed by atoms with Crippen LogP contribution in [0.1, 0.15) is 15.9 Å². The number of alkyl halides is 3. The number of rotatable bonds is 6. The molecule has 1 fully saturated rings. The molecule has 11 heteroatoms. The summed E-state index contributed by atoms with van der Waals surface area (Å²) in [4.78, 5) is 43.4. The lowest BCUT2D eigenvalue weighted by Crippen LogP contribution is -2.48. The summed E-state index contributed by atoms with van der Waals surface area (Å²) in [5.41, 5.74) is 0.827. The largest absolute Gasteiger partial charge is 0.471 e. The lowest BCUT2D eigenvalue weighted by atomic mass is 10.1. The summed E-state index contributed by atoms with van der Waals surface area (Å²) in [6.45, 7) is 1.21. The highest BCUT2D eigenvalue weighted by atomic mass is 19.4. The Bertz CT molecular complexity index is 946.